The first-order chi connectivity index (χ1) is 10.2. The van der Waals surface area contributed by atoms with Gasteiger partial charge < -0.3 is 9.69 Å². The molecular weight excluding hydrogens is 280 g/mol. The Labute approximate surface area is 130 Å². The predicted octanol–water partition coefficient (Wildman–Crippen LogP) is 3.16. The van der Waals surface area contributed by atoms with E-state index in [9.17, 15) is 4.79 Å². The Kier molecular flexibility index (Phi) is 5.84. The van der Waals surface area contributed by atoms with Gasteiger partial charge in [0.25, 0.3) is 0 Å². The molecule has 0 bridgehead atoms. The summed E-state index contributed by atoms with van der Waals surface area (Å²) in [6.07, 6.45) is 0.950. The summed E-state index contributed by atoms with van der Waals surface area (Å²) in [4.78, 5) is 14.3. The molecule has 1 N–H and O–H groups in total. The fourth-order valence-corrected chi connectivity index (χ4v) is 2.72. The number of thioether (sulfide) groups is 1. The fourth-order valence-electron chi connectivity index (χ4n) is 1.89. The first kappa shape index (κ1) is 15.6. The van der Waals surface area contributed by atoms with Crippen LogP contribution in [0.1, 0.15) is 5.56 Å². The monoisotopic (exact) mass is 300 g/mol. The van der Waals surface area contributed by atoms with Crippen molar-refractivity contribution in [3.8, 4) is 0 Å². The van der Waals surface area contributed by atoms with Gasteiger partial charge in [0.05, 0.1) is 0 Å². The fraction of sp³-hybridized carbons (Fsp3) is 0.235. The Bertz CT molecular complexity index is 555. The molecule has 110 valence electrons. The van der Waals surface area contributed by atoms with Crippen LogP contribution < -0.4 is 10.2 Å². The molecule has 2 aromatic carbocycles. The molecule has 2 aromatic rings. The second-order valence-corrected chi connectivity index (χ2v) is 6.14. The first-order valence-electron chi connectivity index (χ1n) is 6.85. The summed E-state index contributed by atoms with van der Waals surface area (Å²) < 4.78 is 0. The SMILES string of the molecule is CN(C)c1ccc(CNC(C=O)Sc2ccccc2)cc1. The number of nitrogens with zero attached hydrogens (tertiary/aromatic N) is 1. The maximum absolute atomic E-state index is 11.2. The Morgan fingerprint density at radius 3 is 2.33 bits per heavy atom. The molecule has 21 heavy (non-hydrogen) atoms. The molecule has 0 saturated carbocycles. The number of carbonyl (C=O) groups is 1. The molecule has 0 aromatic heterocycles. The molecule has 3 nitrogen and oxygen atoms in total. The third-order valence-corrected chi connectivity index (χ3v) is 4.17. The lowest BCUT2D eigenvalue weighted by atomic mass is 10.2. The summed E-state index contributed by atoms with van der Waals surface area (Å²) >= 11 is 1.53. The number of benzene rings is 2. The van der Waals surface area contributed by atoms with E-state index in [-0.39, 0.29) is 5.37 Å². The van der Waals surface area contributed by atoms with Crippen molar-refractivity contribution >= 4 is 23.7 Å². The molecule has 2 rings (SSSR count). The van der Waals surface area contributed by atoms with E-state index in [4.69, 9.17) is 0 Å². The highest BCUT2D eigenvalue weighted by atomic mass is 32.2. The van der Waals surface area contributed by atoms with Gasteiger partial charge in [-0.2, -0.15) is 0 Å². The van der Waals surface area contributed by atoms with Crippen molar-refractivity contribution in [1.29, 1.82) is 0 Å². The van der Waals surface area contributed by atoms with Crippen molar-refractivity contribution in [1.82, 2.24) is 5.32 Å². The number of rotatable bonds is 7. The highest BCUT2D eigenvalue weighted by molar-refractivity contribution is 8.00. The predicted molar refractivity (Wildman–Crippen MR) is 89.8 cm³/mol. The van der Waals surface area contributed by atoms with Crippen LogP contribution in [0.5, 0.6) is 0 Å². The number of hydrogen-bond donors (Lipinski definition) is 1. The quantitative estimate of drug-likeness (QED) is 0.484. The van der Waals surface area contributed by atoms with Gasteiger partial charge in [0.15, 0.2) is 0 Å². The molecular formula is C17H20N2OS. The van der Waals surface area contributed by atoms with Gasteiger partial charge in [0.1, 0.15) is 11.7 Å². The zero-order chi connectivity index (χ0) is 15.1. The van der Waals surface area contributed by atoms with Crippen molar-refractivity contribution in [2.24, 2.45) is 0 Å². The molecule has 0 saturated heterocycles. The Balaban J connectivity index is 1.89. The lowest BCUT2D eigenvalue weighted by molar-refractivity contribution is -0.107. The normalized spacial score (nSPS) is 11.9. The standard InChI is InChI=1S/C17H20N2OS/c1-19(2)15-10-8-14(9-11-15)12-18-17(13-20)21-16-6-4-3-5-7-16/h3-11,13,17-18H,12H2,1-2H3. The van der Waals surface area contributed by atoms with E-state index in [0.29, 0.717) is 6.54 Å². The summed E-state index contributed by atoms with van der Waals surface area (Å²) in [5.41, 5.74) is 2.34. The van der Waals surface area contributed by atoms with Crippen LogP contribution in [-0.2, 0) is 11.3 Å². The highest BCUT2D eigenvalue weighted by Crippen LogP contribution is 2.20. The second kappa shape index (κ2) is 7.86. The van der Waals surface area contributed by atoms with Crippen molar-refractivity contribution in [2.75, 3.05) is 19.0 Å². The number of anilines is 1. The van der Waals surface area contributed by atoms with Gasteiger partial charge in [-0.1, -0.05) is 42.1 Å². The Morgan fingerprint density at radius 2 is 1.76 bits per heavy atom. The zero-order valence-corrected chi connectivity index (χ0v) is 13.1. The highest BCUT2D eigenvalue weighted by Gasteiger charge is 2.08. The number of nitrogens with one attached hydrogen (secondary N) is 1. The molecule has 1 atom stereocenters. The van der Waals surface area contributed by atoms with Gasteiger partial charge in [0.2, 0.25) is 0 Å². The van der Waals surface area contributed by atoms with Crippen LogP contribution in [-0.4, -0.2) is 25.8 Å². The van der Waals surface area contributed by atoms with Crippen LogP contribution in [0.2, 0.25) is 0 Å². The van der Waals surface area contributed by atoms with Crippen molar-refractivity contribution in [2.45, 2.75) is 16.8 Å². The largest absolute Gasteiger partial charge is 0.378 e. The number of carbonyl (C=O) groups excluding carboxylic acids is 1. The smallest absolute Gasteiger partial charge is 0.147 e. The third-order valence-electron chi connectivity index (χ3n) is 3.09. The molecule has 0 amide bonds. The zero-order valence-electron chi connectivity index (χ0n) is 12.3. The maximum Gasteiger partial charge on any atom is 0.147 e. The van der Waals surface area contributed by atoms with E-state index >= 15 is 0 Å². The molecule has 0 radical (unpaired) electrons. The van der Waals surface area contributed by atoms with E-state index in [1.807, 2.05) is 44.4 Å². The van der Waals surface area contributed by atoms with Crippen LogP contribution in [0.25, 0.3) is 0 Å². The Hall–Kier alpha value is -1.78. The van der Waals surface area contributed by atoms with Gasteiger partial charge in [-0.15, -0.1) is 0 Å². The first-order valence-corrected chi connectivity index (χ1v) is 7.73. The molecule has 4 heteroatoms. The van der Waals surface area contributed by atoms with Crippen LogP contribution in [0, 0.1) is 0 Å². The van der Waals surface area contributed by atoms with Crippen molar-refractivity contribution in [3.05, 3.63) is 60.2 Å². The third kappa shape index (κ3) is 4.92. The van der Waals surface area contributed by atoms with E-state index in [1.54, 1.807) is 0 Å². The molecule has 0 spiro atoms. The average Bonchev–Trinajstić information content (AvgIpc) is 2.52. The minimum absolute atomic E-state index is 0.235. The number of hydrogen-bond acceptors (Lipinski definition) is 4. The van der Waals surface area contributed by atoms with Gasteiger partial charge in [-0.05, 0) is 29.8 Å². The lowest BCUT2D eigenvalue weighted by Gasteiger charge is -2.14. The minimum atomic E-state index is -0.235. The summed E-state index contributed by atoms with van der Waals surface area (Å²) in [7, 11) is 4.04. The molecule has 0 aliphatic rings. The van der Waals surface area contributed by atoms with E-state index < -0.39 is 0 Å². The van der Waals surface area contributed by atoms with Crippen LogP contribution in [0.3, 0.4) is 0 Å². The average molecular weight is 300 g/mol. The molecule has 0 heterocycles. The summed E-state index contributed by atoms with van der Waals surface area (Å²) in [5.74, 6) is 0. The van der Waals surface area contributed by atoms with Crippen molar-refractivity contribution < 1.29 is 4.79 Å². The molecule has 0 fully saturated rings. The summed E-state index contributed by atoms with van der Waals surface area (Å²) in [6.45, 7) is 0.678. The van der Waals surface area contributed by atoms with Gasteiger partial charge in [-0.25, -0.2) is 0 Å². The lowest BCUT2D eigenvalue weighted by Crippen LogP contribution is -2.26. The summed E-state index contributed by atoms with van der Waals surface area (Å²) in [6, 6.07) is 18.3. The summed E-state index contributed by atoms with van der Waals surface area (Å²) in [5, 5.41) is 3.03. The van der Waals surface area contributed by atoms with Gasteiger partial charge in [0, 0.05) is 31.2 Å². The topological polar surface area (TPSA) is 32.3 Å². The van der Waals surface area contributed by atoms with Gasteiger partial charge >= 0.3 is 0 Å². The second-order valence-electron chi connectivity index (χ2n) is 4.93. The van der Waals surface area contributed by atoms with E-state index in [1.165, 1.54) is 23.0 Å². The van der Waals surface area contributed by atoms with Gasteiger partial charge in [-0.3, -0.25) is 5.32 Å². The van der Waals surface area contributed by atoms with Crippen molar-refractivity contribution in [3.63, 3.8) is 0 Å². The van der Waals surface area contributed by atoms with Crippen LogP contribution >= 0.6 is 11.8 Å². The van der Waals surface area contributed by atoms with Crippen LogP contribution in [0.4, 0.5) is 5.69 Å². The van der Waals surface area contributed by atoms with E-state index in [0.717, 1.165) is 11.2 Å². The molecule has 0 aliphatic carbocycles. The minimum Gasteiger partial charge on any atom is -0.378 e. The van der Waals surface area contributed by atoms with E-state index in [2.05, 4.69) is 34.5 Å². The number of aldehydes is 1. The maximum atomic E-state index is 11.2. The Morgan fingerprint density at radius 1 is 1.10 bits per heavy atom. The van der Waals surface area contributed by atoms with Crippen LogP contribution in [0.15, 0.2) is 59.5 Å². The molecule has 1 unspecified atom stereocenters. The molecule has 0 aliphatic heterocycles.